The molecule has 4 unspecified atom stereocenters. The quantitative estimate of drug-likeness (QED) is 0.840. The second-order valence-electron chi connectivity index (χ2n) is 7.56. The molecule has 0 spiro atoms. The Bertz CT molecular complexity index is 407. The minimum absolute atomic E-state index is 0.0237. The first kappa shape index (κ1) is 15.3. The van der Waals surface area contributed by atoms with Crippen LogP contribution in [0.25, 0.3) is 0 Å². The summed E-state index contributed by atoms with van der Waals surface area (Å²) in [5.74, 6) is 0.554. The van der Waals surface area contributed by atoms with Gasteiger partial charge in [0.15, 0.2) is 0 Å². The number of hydrogen-bond acceptors (Lipinski definition) is 3. The molecule has 0 bridgehead atoms. The second-order valence-corrected chi connectivity index (χ2v) is 7.56. The summed E-state index contributed by atoms with van der Waals surface area (Å²) in [6.07, 6.45) is 4.06. The summed E-state index contributed by atoms with van der Waals surface area (Å²) in [6.45, 7) is 8.52. The molecule has 1 aliphatic heterocycles. The molecule has 0 aromatic heterocycles. The normalized spacial score (nSPS) is 35.7. The molecule has 0 aromatic carbocycles. The third-order valence-electron chi connectivity index (χ3n) is 5.30. The third kappa shape index (κ3) is 3.15. The van der Waals surface area contributed by atoms with E-state index < -0.39 is 0 Å². The van der Waals surface area contributed by atoms with Crippen molar-refractivity contribution in [2.45, 2.75) is 52.5 Å². The van der Waals surface area contributed by atoms with Gasteiger partial charge in [0.1, 0.15) is 0 Å². The predicted octanol–water partition coefficient (Wildman–Crippen LogP) is 2.15. The van der Waals surface area contributed by atoms with Crippen molar-refractivity contribution in [2.24, 2.45) is 28.9 Å². The van der Waals surface area contributed by atoms with Crippen LogP contribution in [0.2, 0.25) is 0 Å². The SMILES string of the molecule is CC(C)(C)C1CCC(C#N)C(N2CCC(C(N)=O)C2)C1. The Kier molecular flexibility index (Phi) is 4.39. The molecule has 0 radical (unpaired) electrons. The van der Waals surface area contributed by atoms with Crippen LogP contribution in [0.5, 0.6) is 0 Å². The van der Waals surface area contributed by atoms with Crippen LogP contribution in [0.15, 0.2) is 0 Å². The zero-order valence-corrected chi connectivity index (χ0v) is 12.9. The van der Waals surface area contributed by atoms with Gasteiger partial charge in [-0.2, -0.15) is 5.26 Å². The third-order valence-corrected chi connectivity index (χ3v) is 5.30. The van der Waals surface area contributed by atoms with Gasteiger partial charge < -0.3 is 5.73 Å². The molecule has 2 rings (SSSR count). The zero-order chi connectivity index (χ0) is 14.9. The van der Waals surface area contributed by atoms with Crippen LogP contribution in [0, 0.1) is 34.5 Å². The van der Waals surface area contributed by atoms with Gasteiger partial charge in [0, 0.05) is 12.6 Å². The molecule has 1 amide bonds. The zero-order valence-electron chi connectivity index (χ0n) is 12.9. The lowest BCUT2D eigenvalue weighted by molar-refractivity contribution is -0.121. The Morgan fingerprint density at radius 3 is 2.50 bits per heavy atom. The molecule has 2 aliphatic rings. The molecule has 1 saturated carbocycles. The van der Waals surface area contributed by atoms with Crippen molar-refractivity contribution < 1.29 is 4.79 Å². The van der Waals surface area contributed by atoms with Crippen LogP contribution in [0.1, 0.15) is 46.5 Å². The van der Waals surface area contributed by atoms with Gasteiger partial charge in [-0.25, -0.2) is 0 Å². The Labute approximate surface area is 122 Å². The Hall–Kier alpha value is -1.08. The van der Waals surface area contributed by atoms with Gasteiger partial charge in [-0.05, 0) is 43.6 Å². The molecule has 20 heavy (non-hydrogen) atoms. The summed E-state index contributed by atoms with van der Waals surface area (Å²) in [5, 5.41) is 9.42. The van der Waals surface area contributed by atoms with E-state index in [-0.39, 0.29) is 17.7 Å². The van der Waals surface area contributed by atoms with E-state index in [1.807, 2.05) is 0 Å². The minimum Gasteiger partial charge on any atom is -0.369 e. The van der Waals surface area contributed by atoms with Crippen molar-refractivity contribution in [1.29, 1.82) is 5.26 Å². The van der Waals surface area contributed by atoms with Gasteiger partial charge in [0.25, 0.3) is 0 Å². The summed E-state index contributed by atoms with van der Waals surface area (Å²) in [7, 11) is 0. The second kappa shape index (κ2) is 5.73. The van der Waals surface area contributed by atoms with E-state index in [4.69, 9.17) is 5.73 Å². The molecule has 1 saturated heterocycles. The number of hydrogen-bond donors (Lipinski definition) is 1. The number of nitrogens with two attached hydrogens (primary N) is 1. The molecule has 1 heterocycles. The molecule has 2 N–H and O–H groups in total. The number of likely N-dealkylation sites (tertiary alicyclic amines) is 1. The molecule has 4 heteroatoms. The van der Waals surface area contributed by atoms with E-state index in [1.54, 1.807) is 0 Å². The lowest BCUT2D eigenvalue weighted by Gasteiger charge is -2.43. The van der Waals surface area contributed by atoms with Crippen LogP contribution in [0.3, 0.4) is 0 Å². The van der Waals surface area contributed by atoms with Gasteiger partial charge in [-0.15, -0.1) is 0 Å². The lowest BCUT2D eigenvalue weighted by Crippen LogP contribution is -2.45. The maximum atomic E-state index is 11.3. The first-order valence-corrected chi connectivity index (χ1v) is 7.76. The van der Waals surface area contributed by atoms with E-state index in [0.29, 0.717) is 17.4 Å². The van der Waals surface area contributed by atoms with Crippen LogP contribution in [-0.4, -0.2) is 29.9 Å². The average Bonchev–Trinajstić information content (AvgIpc) is 2.86. The predicted molar refractivity (Wildman–Crippen MR) is 78.6 cm³/mol. The number of amides is 1. The molecule has 2 fully saturated rings. The van der Waals surface area contributed by atoms with Gasteiger partial charge >= 0.3 is 0 Å². The smallest absolute Gasteiger partial charge is 0.221 e. The fourth-order valence-corrected chi connectivity index (χ4v) is 3.81. The van der Waals surface area contributed by atoms with E-state index >= 15 is 0 Å². The lowest BCUT2D eigenvalue weighted by atomic mass is 9.68. The highest BCUT2D eigenvalue weighted by atomic mass is 16.1. The standard InChI is InChI=1S/C16H27N3O/c1-16(2,3)13-5-4-11(9-17)14(8-13)19-7-6-12(10-19)15(18)20/h11-14H,4-8,10H2,1-3H3,(H2,18,20). The highest BCUT2D eigenvalue weighted by molar-refractivity contribution is 5.77. The largest absolute Gasteiger partial charge is 0.369 e. The van der Waals surface area contributed by atoms with Crippen molar-refractivity contribution in [3.8, 4) is 6.07 Å². The van der Waals surface area contributed by atoms with Crippen LogP contribution in [-0.2, 0) is 4.79 Å². The molecule has 4 nitrogen and oxygen atoms in total. The molecule has 1 aliphatic carbocycles. The van der Waals surface area contributed by atoms with Crippen LogP contribution >= 0.6 is 0 Å². The Morgan fingerprint density at radius 1 is 1.30 bits per heavy atom. The topological polar surface area (TPSA) is 70.1 Å². The van der Waals surface area contributed by atoms with Crippen molar-refractivity contribution >= 4 is 5.91 Å². The van der Waals surface area contributed by atoms with Crippen LogP contribution in [0.4, 0.5) is 0 Å². The van der Waals surface area contributed by atoms with E-state index in [2.05, 4.69) is 31.7 Å². The van der Waals surface area contributed by atoms with Crippen molar-refractivity contribution in [3.05, 3.63) is 0 Å². The first-order chi connectivity index (χ1) is 9.32. The number of nitriles is 1. The number of primary amides is 1. The summed E-state index contributed by atoms with van der Waals surface area (Å²) >= 11 is 0. The maximum absolute atomic E-state index is 11.3. The molecule has 0 aromatic rings. The van der Waals surface area contributed by atoms with Gasteiger partial charge in [-0.1, -0.05) is 20.8 Å². The van der Waals surface area contributed by atoms with E-state index in [0.717, 1.165) is 38.8 Å². The number of carbonyl (C=O) groups is 1. The average molecular weight is 277 g/mol. The summed E-state index contributed by atoms with van der Waals surface area (Å²) < 4.78 is 0. The highest BCUT2D eigenvalue weighted by Crippen LogP contribution is 2.42. The number of rotatable bonds is 2. The number of nitrogens with zero attached hydrogens (tertiary/aromatic N) is 2. The minimum atomic E-state index is -0.191. The van der Waals surface area contributed by atoms with Gasteiger partial charge in [0.05, 0.1) is 17.9 Å². The van der Waals surface area contributed by atoms with Crippen molar-refractivity contribution in [1.82, 2.24) is 4.90 Å². The molecule has 112 valence electrons. The van der Waals surface area contributed by atoms with Crippen molar-refractivity contribution in [3.63, 3.8) is 0 Å². The fourth-order valence-electron chi connectivity index (χ4n) is 3.81. The van der Waals surface area contributed by atoms with E-state index in [9.17, 15) is 10.1 Å². The maximum Gasteiger partial charge on any atom is 0.221 e. The number of carbonyl (C=O) groups excluding carboxylic acids is 1. The Balaban J connectivity index is 2.07. The monoisotopic (exact) mass is 277 g/mol. The molecular formula is C16H27N3O. The molecule has 4 atom stereocenters. The van der Waals surface area contributed by atoms with Gasteiger partial charge in [-0.3, -0.25) is 9.69 Å². The summed E-state index contributed by atoms with van der Waals surface area (Å²) in [5.41, 5.74) is 5.72. The van der Waals surface area contributed by atoms with Crippen LogP contribution < -0.4 is 5.73 Å². The summed E-state index contributed by atoms with van der Waals surface area (Å²) in [4.78, 5) is 13.7. The highest BCUT2D eigenvalue weighted by Gasteiger charge is 2.41. The van der Waals surface area contributed by atoms with Crippen molar-refractivity contribution in [2.75, 3.05) is 13.1 Å². The van der Waals surface area contributed by atoms with E-state index in [1.165, 1.54) is 0 Å². The first-order valence-electron chi connectivity index (χ1n) is 7.76. The fraction of sp³-hybridized carbons (Fsp3) is 0.875. The molecular weight excluding hydrogens is 250 g/mol. The summed E-state index contributed by atoms with van der Waals surface area (Å²) in [6, 6.07) is 2.80. The Morgan fingerprint density at radius 2 is 2.00 bits per heavy atom. The van der Waals surface area contributed by atoms with Gasteiger partial charge in [0.2, 0.25) is 5.91 Å².